The van der Waals surface area contributed by atoms with Crippen molar-refractivity contribution < 1.29 is 0 Å². The lowest BCUT2D eigenvalue weighted by atomic mass is 9.85. The van der Waals surface area contributed by atoms with E-state index in [-0.39, 0.29) is 10.8 Å². The molecule has 0 bridgehead atoms. The molecule has 2 aromatic heterocycles. The Hall–Kier alpha value is -5.60. The fourth-order valence-electron chi connectivity index (χ4n) is 6.09. The average Bonchev–Trinajstić information content (AvgIpc) is 3.41. The van der Waals surface area contributed by atoms with E-state index in [4.69, 9.17) is 21.5 Å². The van der Waals surface area contributed by atoms with Crippen molar-refractivity contribution in [3.63, 3.8) is 0 Å². The first-order valence-electron chi connectivity index (χ1n) is 16.0. The maximum atomic E-state index is 8.31. The normalized spacial score (nSPS) is 12.0. The lowest BCUT2D eigenvalue weighted by molar-refractivity contribution is 0.590. The van der Waals surface area contributed by atoms with Gasteiger partial charge in [0, 0.05) is 27.5 Å². The van der Waals surface area contributed by atoms with Gasteiger partial charge in [-0.1, -0.05) is 120 Å². The van der Waals surface area contributed by atoms with E-state index in [1.165, 1.54) is 21.9 Å². The molecule has 0 aliphatic heterocycles. The molecule has 5 heteroatoms. The summed E-state index contributed by atoms with van der Waals surface area (Å²) in [7, 11) is 0. The van der Waals surface area contributed by atoms with E-state index >= 15 is 0 Å². The Labute approximate surface area is 276 Å². The van der Waals surface area contributed by atoms with Crippen molar-refractivity contribution in [2.45, 2.75) is 52.4 Å². The van der Waals surface area contributed by atoms with Crippen LogP contribution in [-0.2, 0) is 10.8 Å². The largest absolute Gasteiger partial charge is 0.319 e. The van der Waals surface area contributed by atoms with E-state index < -0.39 is 0 Å². The van der Waals surface area contributed by atoms with Crippen molar-refractivity contribution in [2.24, 2.45) is 0 Å². The smallest absolute Gasteiger partial charge is 0.211 e. The predicted octanol–water partition coefficient (Wildman–Crippen LogP) is 11.1. The van der Waals surface area contributed by atoms with Gasteiger partial charge in [0.25, 0.3) is 0 Å². The third kappa shape index (κ3) is 5.57. The highest BCUT2D eigenvalue weighted by molar-refractivity contribution is 6.10. The molecule has 0 saturated heterocycles. The van der Waals surface area contributed by atoms with E-state index in [9.17, 15) is 0 Å². The molecule has 0 saturated carbocycles. The summed E-state index contributed by atoms with van der Waals surface area (Å²) < 4.78 is 2.24. The Morgan fingerprint density at radius 3 is 1.38 bits per heavy atom. The third-order valence-corrected chi connectivity index (χ3v) is 8.79. The monoisotopic (exact) mass is 611 g/mol. The summed E-state index contributed by atoms with van der Waals surface area (Å²) in [5.41, 5.74) is 8.68. The molecular formula is C42H37N5. The highest BCUT2D eigenvalue weighted by Gasteiger charge is 2.22. The van der Waals surface area contributed by atoms with E-state index in [1.54, 1.807) is 0 Å². The second-order valence-electron chi connectivity index (χ2n) is 14.2. The van der Waals surface area contributed by atoms with Crippen molar-refractivity contribution in [3.05, 3.63) is 138 Å². The maximum Gasteiger partial charge on any atom is 0.211 e. The first-order chi connectivity index (χ1) is 22.5. The van der Waals surface area contributed by atoms with Crippen LogP contribution in [0.15, 0.2) is 115 Å². The van der Waals surface area contributed by atoms with Gasteiger partial charge in [-0.05, 0) is 58.4 Å². The molecule has 5 nitrogen and oxygen atoms in total. The minimum absolute atomic E-state index is 0.00924. The molecule has 7 rings (SSSR count). The van der Waals surface area contributed by atoms with Crippen molar-refractivity contribution in [2.75, 3.05) is 0 Å². The predicted molar refractivity (Wildman–Crippen MR) is 194 cm³/mol. The van der Waals surface area contributed by atoms with Gasteiger partial charge in [-0.15, -0.1) is 0 Å². The van der Waals surface area contributed by atoms with Crippen LogP contribution in [0.1, 0.15) is 52.7 Å². The minimum atomic E-state index is 0.00924. The lowest BCUT2D eigenvalue weighted by Gasteiger charge is -2.19. The summed E-state index contributed by atoms with van der Waals surface area (Å²) in [4.78, 5) is 18.7. The Balaban J connectivity index is 1.44. The highest BCUT2D eigenvalue weighted by Crippen LogP contribution is 2.40. The van der Waals surface area contributed by atoms with Gasteiger partial charge in [-0.25, -0.2) is 19.8 Å². The first-order valence-corrected chi connectivity index (χ1v) is 16.0. The molecule has 0 unspecified atom stereocenters. The Bertz CT molecular complexity index is 2180. The molecule has 0 aliphatic rings. The number of rotatable bonds is 4. The van der Waals surface area contributed by atoms with Gasteiger partial charge in [0.1, 0.15) is 0 Å². The molecule has 0 aliphatic carbocycles. The number of aromatic nitrogens is 4. The van der Waals surface area contributed by atoms with Gasteiger partial charge in [0.15, 0.2) is 17.5 Å². The fourth-order valence-corrected chi connectivity index (χ4v) is 6.09. The molecule has 230 valence electrons. The van der Waals surface area contributed by atoms with Crippen LogP contribution in [0.25, 0.3) is 66.5 Å². The van der Waals surface area contributed by atoms with Crippen molar-refractivity contribution in [1.29, 1.82) is 0 Å². The van der Waals surface area contributed by atoms with Crippen LogP contribution in [0.5, 0.6) is 0 Å². The second-order valence-corrected chi connectivity index (χ2v) is 14.2. The van der Waals surface area contributed by atoms with Gasteiger partial charge < -0.3 is 4.57 Å². The zero-order valence-corrected chi connectivity index (χ0v) is 27.7. The molecule has 0 spiro atoms. The quantitative estimate of drug-likeness (QED) is 0.186. The SMILES string of the molecule is [C-]#[N+]c1cc(-c2nc(-c3ccccc3)nc(-c3ccccc3)n2)ccc1-n1c2ccc(C(C)(C)C)cc2c2cc(C(C)(C)C)ccc21. The summed E-state index contributed by atoms with van der Waals surface area (Å²) >= 11 is 0. The van der Waals surface area contributed by atoms with Crippen molar-refractivity contribution in [1.82, 2.24) is 19.5 Å². The number of hydrogen-bond donors (Lipinski definition) is 0. The standard InChI is InChI=1S/C42H37N5/c1-41(2,3)30-19-22-35-32(25-30)33-26-31(42(4,5)6)20-23-36(33)47(35)37-21-18-29(24-34(37)43-7)40-45-38(27-14-10-8-11-15-27)44-39(46-40)28-16-12-9-13-17-28/h8-26H,1-6H3. The molecule has 47 heavy (non-hydrogen) atoms. The van der Waals surface area contributed by atoms with Crippen LogP contribution in [-0.4, -0.2) is 19.5 Å². The van der Waals surface area contributed by atoms with E-state index in [1.807, 2.05) is 78.9 Å². The summed E-state index contributed by atoms with van der Waals surface area (Å²) in [6, 6.07) is 39.3. The third-order valence-electron chi connectivity index (χ3n) is 8.79. The molecule has 0 amide bonds. The number of hydrogen-bond acceptors (Lipinski definition) is 3. The molecular weight excluding hydrogens is 574 g/mol. The number of fused-ring (bicyclic) bond motifs is 3. The number of benzene rings is 5. The zero-order valence-electron chi connectivity index (χ0n) is 27.7. The lowest BCUT2D eigenvalue weighted by Crippen LogP contribution is -2.10. The van der Waals surface area contributed by atoms with Crippen LogP contribution < -0.4 is 0 Å². The van der Waals surface area contributed by atoms with Gasteiger partial charge in [0.2, 0.25) is 5.69 Å². The van der Waals surface area contributed by atoms with Crippen LogP contribution in [0.3, 0.4) is 0 Å². The van der Waals surface area contributed by atoms with E-state index in [0.29, 0.717) is 23.2 Å². The van der Waals surface area contributed by atoms with Crippen LogP contribution >= 0.6 is 0 Å². The minimum Gasteiger partial charge on any atom is -0.319 e. The molecule has 5 aromatic carbocycles. The summed E-state index contributed by atoms with van der Waals surface area (Å²) in [5.74, 6) is 1.71. The van der Waals surface area contributed by atoms with Gasteiger partial charge in [0.05, 0.1) is 23.3 Å². The van der Waals surface area contributed by atoms with Crippen LogP contribution in [0.2, 0.25) is 0 Å². The molecule has 0 radical (unpaired) electrons. The molecule has 7 aromatic rings. The van der Waals surface area contributed by atoms with Crippen LogP contribution in [0.4, 0.5) is 5.69 Å². The molecule has 2 heterocycles. The average molecular weight is 612 g/mol. The topological polar surface area (TPSA) is 48.0 Å². The molecule has 0 fully saturated rings. The molecule has 0 N–H and O–H groups in total. The summed E-state index contributed by atoms with van der Waals surface area (Å²) in [5, 5.41) is 2.38. The first kappa shape index (κ1) is 30.1. The van der Waals surface area contributed by atoms with Gasteiger partial charge in [-0.3, -0.25) is 0 Å². The van der Waals surface area contributed by atoms with Crippen LogP contribution in [0, 0.1) is 6.57 Å². The van der Waals surface area contributed by atoms with Gasteiger partial charge in [-0.2, -0.15) is 0 Å². The van der Waals surface area contributed by atoms with Crippen molar-refractivity contribution in [3.8, 4) is 39.9 Å². The number of nitrogens with zero attached hydrogens (tertiary/aromatic N) is 5. The Morgan fingerprint density at radius 1 is 0.511 bits per heavy atom. The zero-order chi connectivity index (χ0) is 32.9. The summed E-state index contributed by atoms with van der Waals surface area (Å²) in [6.45, 7) is 21.8. The second kappa shape index (κ2) is 11.3. The molecule has 0 atom stereocenters. The Kier molecular flexibility index (Phi) is 7.25. The fraction of sp³-hybridized carbons (Fsp3) is 0.190. The Morgan fingerprint density at radius 2 is 0.957 bits per heavy atom. The van der Waals surface area contributed by atoms with Crippen molar-refractivity contribution >= 4 is 27.5 Å². The van der Waals surface area contributed by atoms with E-state index in [2.05, 4.69) is 87.4 Å². The van der Waals surface area contributed by atoms with E-state index in [0.717, 1.165) is 33.4 Å². The highest BCUT2D eigenvalue weighted by atomic mass is 15.0. The summed E-state index contributed by atoms with van der Waals surface area (Å²) in [6.07, 6.45) is 0. The maximum absolute atomic E-state index is 8.31. The van der Waals surface area contributed by atoms with Gasteiger partial charge >= 0.3 is 0 Å².